The summed E-state index contributed by atoms with van der Waals surface area (Å²) in [6.45, 7) is 4.54. The first-order valence-corrected chi connectivity index (χ1v) is 8.09. The topological polar surface area (TPSA) is 73.6 Å². The van der Waals surface area contributed by atoms with Crippen LogP contribution in [0.25, 0.3) is 0 Å². The van der Waals surface area contributed by atoms with Gasteiger partial charge >= 0.3 is 0 Å². The van der Waals surface area contributed by atoms with Crippen molar-refractivity contribution in [3.8, 4) is 11.5 Å². The minimum Gasteiger partial charge on any atom is -0.492 e. The Morgan fingerprint density at radius 2 is 2.22 bits per heavy atom. The van der Waals surface area contributed by atoms with Crippen molar-refractivity contribution in [1.29, 1.82) is 0 Å². The average molecular weight is 341 g/mol. The zero-order chi connectivity index (χ0) is 15.7. The molecular formula is C17H25ClN2O3. The lowest BCUT2D eigenvalue weighted by Gasteiger charge is -2.16. The monoisotopic (exact) mass is 340 g/mol. The molecule has 0 bridgehead atoms. The van der Waals surface area contributed by atoms with Crippen LogP contribution in [0.15, 0.2) is 12.1 Å². The van der Waals surface area contributed by atoms with Gasteiger partial charge in [-0.3, -0.25) is 4.79 Å². The van der Waals surface area contributed by atoms with Gasteiger partial charge in [-0.2, -0.15) is 0 Å². The van der Waals surface area contributed by atoms with Gasteiger partial charge in [0.2, 0.25) is 5.91 Å². The van der Waals surface area contributed by atoms with Crippen LogP contribution in [0.1, 0.15) is 38.7 Å². The van der Waals surface area contributed by atoms with Crippen LogP contribution in [-0.2, 0) is 11.2 Å². The third kappa shape index (κ3) is 3.90. The number of nitrogens with one attached hydrogen (secondary N) is 1. The maximum atomic E-state index is 12.4. The molecule has 5 nitrogen and oxygen atoms in total. The first-order chi connectivity index (χ1) is 10.6. The smallest absolute Gasteiger partial charge is 0.227 e. The summed E-state index contributed by atoms with van der Waals surface area (Å²) in [5.74, 6) is 1.58. The van der Waals surface area contributed by atoms with E-state index in [4.69, 9.17) is 15.2 Å². The van der Waals surface area contributed by atoms with Crippen molar-refractivity contribution in [2.45, 2.75) is 51.7 Å². The van der Waals surface area contributed by atoms with Crippen LogP contribution in [0.5, 0.6) is 11.5 Å². The first kappa shape index (κ1) is 17.9. The molecule has 2 aliphatic rings. The molecule has 0 aromatic heterocycles. The fraction of sp³-hybridized carbons (Fsp3) is 0.588. The lowest BCUT2D eigenvalue weighted by molar-refractivity contribution is -0.119. The summed E-state index contributed by atoms with van der Waals surface area (Å²) in [5, 5.41) is 3.00. The predicted octanol–water partition coefficient (Wildman–Crippen LogP) is 2.90. The second-order valence-corrected chi connectivity index (χ2v) is 6.28. The Balaban J connectivity index is 0.00000192. The summed E-state index contributed by atoms with van der Waals surface area (Å²) in [6.07, 6.45) is 3.58. The summed E-state index contributed by atoms with van der Waals surface area (Å²) in [5.41, 5.74) is 7.73. The lowest BCUT2D eigenvalue weighted by atomic mass is 10.1. The van der Waals surface area contributed by atoms with Gasteiger partial charge in [-0.25, -0.2) is 0 Å². The fourth-order valence-corrected chi connectivity index (χ4v) is 3.30. The number of amides is 1. The number of rotatable bonds is 4. The van der Waals surface area contributed by atoms with Gasteiger partial charge in [-0.05, 0) is 39.2 Å². The van der Waals surface area contributed by atoms with E-state index in [-0.39, 0.29) is 36.4 Å². The molecule has 3 atom stereocenters. The molecule has 3 rings (SSSR count). The second-order valence-electron chi connectivity index (χ2n) is 6.28. The van der Waals surface area contributed by atoms with E-state index < -0.39 is 0 Å². The summed E-state index contributed by atoms with van der Waals surface area (Å²) < 4.78 is 11.5. The highest BCUT2D eigenvalue weighted by atomic mass is 35.5. The van der Waals surface area contributed by atoms with Gasteiger partial charge in [0.15, 0.2) is 0 Å². The van der Waals surface area contributed by atoms with Crippen molar-refractivity contribution < 1.29 is 14.3 Å². The van der Waals surface area contributed by atoms with Crippen molar-refractivity contribution in [2.24, 2.45) is 11.7 Å². The Labute approximate surface area is 143 Å². The van der Waals surface area contributed by atoms with E-state index in [1.165, 1.54) is 0 Å². The van der Waals surface area contributed by atoms with Gasteiger partial charge in [-0.15, -0.1) is 12.4 Å². The summed E-state index contributed by atoms with van der Waals surface area (Å²) >= 11 is 0. The molecule has 128 valence electrons. The number of carbonyl (C=O) groups excluding carboxylic acids is 1. The molecule has 1 aliphatic carbocycles. The molecule has 0 saturated heterocycles. The van der Waals surface area contributed by atoms with Gasteiger partial charge in [0.05, 0.1) is 12.3 Å². The molecule has 3 unspecified atom stereocenters. The number of carbonyl (C=O) groups is 1. The highest BCUT2D eigenvalue weighted by Crippen LogP contribution is 2.38. The van der Waals surface area contributed by atoms with Crippen molar-refractivity contribution in [3.63, 3.8) is 0 Å². The van der Waals surface area contributed by atoms with Crippen molar-refractivity contribution >= 4 is 24.0 Å². The fourth-order valence-electron chi connectivity index (χ4n) is 3.30. The van der Waals surface area contributed by atoms with Crippen LogP contribution < -0.4 is 20.5 Å². The molecule has 6 heteroatoms. The number of ether oxygens (including phenoxy) is 2. The van der Waals surface area contributed by atoms with E-state index in [0.29, 0.717) is 12.3 Å². The minimum absolute atomic E-state index is 0. The number of benzene rings is 1. The van der Waals surface area contributed by atoms with Crippen LogP contribution in [0, 0.1) is 5.92 Å². The van der Waals surface area contributed by atoms with Crippen LogP contribution >= 0.6 is 12.4 Å². The zero-order valence-electron chi connectivity index (χ0n) is 13.6. The summed E-state index contributed by atoms with van der Waals surface area (Å²) in [6, 6.07) is 4.01. The number of fused-ring (bicyclic) bond motifs is 1. The van der Waals surface area contributed by atoms with Gasteiger partial charge in [0.25, 0.3) is 0 Å². The Kier molecular flexibility index (Phi) is 5.76. The molecule has 1 aliphatic heterocycles. The van der Waals surface area contributed by atoms with Gasteiger partial charge < -0.3 is 20.5 Å². The number of anilines is 1. The molecule has 1 fully saturated rings. The summed E-state index contributed by atoms with van der Waals surface area (Å²) in [4.78, 5) is 12.4. The molecule has 1 heterocycles. The maximum Gasteiger partial charge on any atom is 0.227 e. The van der Waals surface area contributed by atoms with Gasteiger partial charge in [0.1, 0.15) is 17.6 Å². The van der Waals surface area contributed by atoms with Crippen LogP contribution in [0.3, 0.4) is 0 Å². The van der Waals surface area contributed by atoms with E-state index in [1.54, 1.807) is 0 Å². The summed E-state index contributed by atoms with van der Waals surface area (Å²) in [7, 11) is 0. The maximum absolute atomic E-state index is 12.4. The van der Waals surface area contributed by atoms with Gasteiger partial charge in [-0.1, -0.05) is 0 Å². The van der Waals surface area contributed by atoms with Crippen molar-refractivity contribution in [2.75, 3.05) is 11.9 Å². The highest BCUT2D eigenvalue weighted by molar-refractivity contribution is 5.94. The van der Waals surface area contributed by atoms with Crippen LogP contribution in [-0.4, -0.2) is 24.7 Å². The molecule has 1 aromatic rings. The lowest BCUT2D eigenvalue weighted by Crippen LogP contribution is -2.23. The van der Waals surface area contributed by atoms with Gasteiger partial charge in [0, 0.05) is 30.0 Å². The molecule has 23 heavy (non-hydrogen) atoms. The van der Waals surface area contributed by atoms with Crippen LogP contribution in [0.2, 0.25) is 0 Å². The Morgan fingerprint density at radius 1 is 1.43 bits per heavy atom. The zero-order valence-corrected chi connectivity index (χ0v) is 14.4. The average Bonchev–Trinajstić information content (AvgIpc) is 3.04. The number of nitrogens with two attached hydrogens (primary N) is 1. The van der Waals surface area contributed by atoms with Crippen molar-refractivity contribution in [1.82, 2.24) is 0 Å². The third-order valence-electron chi connectivity index (χ3n) is 4.40. The largest absolute Gasteiger partial charge is 0.492 e. The molecule has 0 spiro atoms. The molecule has 1 amide bonds. The first-order valence-electron chi connectivity index (χ1n) is 8.09. The predicted molar refractivity (Wildman–Crippen MR) is 92.6 cm³/mol. The quantitative estimate of drug-likeness (QED) is 0.883. The second kappa shape index (κ2) is 7.41. The number of hydrogen-bond acceptors (Lipinski definition) is 4. The number of hydrogen-bond donors (Lipinski definition) is 2. The van der Waals surface area contributed by atoms with E-state index in [9.17, 15) is 4.79 Å². The Bertz CT molecular complexity index is 579. The molecule has 1 saturated carbocycles. The third-order valence-corrected chi connectivity index (χ3v) is 4.40. The van der Waals surface area contributed by atoms with Crippen LogP contribution in [0.4, 0.5) is 5.69 Å². The standard InChI is InChI=1S/C17H24N2O3.ClH/c1-3-21-16-8-12-6-10(2)22-15(12)9-14(16)19-17(20)11-4-5-13(18)7-11;/h8-11,13H,3-7,18H2,1-2H3,(H,19,20);1H. The Hall–Kier alpha value is -1.46. The highest BCUT2D eigenvalue weighted by Gasteiger charge is 2.29. The van der Waals surface area contributed by atoms with Crippen molar-refractivity contribution in [3.05, 3.63) is 17.7 Å². The molecular weight excluding hydrogens is 316 g/mol. The van der Waals surface area contributed by atoms with E-state index in [1.807, 2.05) is 26.0 Å². The van der Waals surface area contributed by atoms with E-state index in [2.05, 4.69) is 5.32 Å². The van der Waals surface area contributed by atoms with E-state index in [0.717, 1.165) is 42.7 Å². The normalized spacial score (nSPS) is 25.3. The molecule has 1 aromatic carbocycles. The van der Waals surface area contributed by atoms with E-state index >= 15 is 0 Å². The minimum atomic E-state index is -0.00225. The SMILES string of the molecule is CCOc1cc2c(cc1NC(=O)C1CCC(N)C1)OC(C)C2.Cl. The molecule has 0 radical (unpaired) electrons. The molecule has 3 N–H and O–H groups in total. The Morgan fingerprint density at radius 3 is 2.87 bits per heavy atom. The number of halogens is 1.